The van der Waals surface area contributed by atoms with E-state index < -0.39 is 0 Å². The van der Waals surface area contributed by atoms with Crippen LogP contribution in [0, 0.1) is 0 Å². The van der Waals surface area contributed by atoms with Crippen molar-refractivity contribution in [1.29, 1.82) is 0 Å². The summed E-state index contributed by atoms with van der Waals surface area (Å²) in [5.74, 6) is 0. The second kappa shape index (κ2) is 5.81. The molecule has 0 saturated heterocycles. The van der Waals surface area contributed by atoms with Gasteiger partial charge in [0.2, 0.25) is 0 Å². The van der Waals surface area contributed by atoms with E-state index in [9.17, 15) is 0 Å². The van der Waals surface area contributed by atoms with Crippen LogP contribution >= 0.6 is 27.5 Å². The maximum atomic E-state index is 5.89. The minimum Gasteiger partial charge on any atom is -0.380 e. The van der Waals surface area contributed by atoms with Crippen LogP contribution in [-0.4, -0.2) is 4.98 Å². The van der Waals surface area contributed by atoms with E-state index in [2.05, 4.69) is 68.7 Å². The molecule has 4 heteroatoms. The molecular formula is C16H12BrClN2. The van der Waals surface area contributed by atoms with Crippen molar-refractivity contribution < 1.29 is 0 Å². The van der Waals surface area contributed by atoms with Crippen LogP contribution in [0.4, 0.5) is 5.69 Å². The van der Waals surface area contributed by atoms with Crippen LogP contribution in [0.2, 0.25) is 5.15 Å². The molecule has 20 heavy (non-hydrogen) atoms. The van der Waals surface area contributed by atoms with E-state index in [0.29, 0.717) is 5.15 Å². The minimum absolute atomic E-state index is 0.473. The predicted molar refractivity (Wildman–Crippen MR) is 88.2 cm³/mol. The second-order valence-electron chi connectivity index (χ2n) is 4.49. The normalized spacial score (nSPS) is 10.7. The molecule has 2 aromatic carbocycles. The molecule has 100 valence electrons. The first-order valence-corrected chi connectivity index (χ1v) is 7.43. The smallest absolute Gasteiger partial charge is 0.143 e. The molecular weight excluding hydrogens is 336 g/mol. The Morgan fingerprint density at radius 3 is 2.75 bits per heavy atom. The summed E-state index contributed by atoms with van der Waals surface area (Å²) < 4.78 is 0.794. The first-order chi connectivity index (χ1) is 9.74. The number of pyridine rings is 1. The Morgan fingerprint density at radius 2 is 1.90 bits per heavy atom. The molecule has 0 amide bonds. The molecule has 0 bridgehead atoms. The number of benzene rings is 2. The lowest BCUT2D eigenvalue weighted by Gasteiger charge is -2.09. The summed E-state index contributed by atoms with van der Waals surface area (Å²) in [5.41, 5.74) is 2.20. The number of nitrogens with one attached hydrogen (secondary N) is 1. The third-order valence-corrected chi connectivity index (χ3v) is 4.29. The van der Waals surface area contributed by atoms with E-state index in [1.54, 1.807) is 6.20 Å². The zero-order chi connectivity index (χ0) is 13.9. The van der Waals surface area contributed by atoms with Crippen LogP contribution < -0.4 is 5.32 Å². The molecule has 1 N–H and O–H groups in total. The Kier molecular flexibility index (Phi) is 3.90. The molecule has 3 aromatic rings. The maximum Gasteiger partial charge on any atom is 0.143 e. The summed E-state index contributed by atoms with van der Waals surface area (Å²) in [7, 11) is 0. The fraction of sp³-hybridized carbons (Fsp3) is 0.0625. The molecule has 0 radical (unpaired) electrons. The van der Waals surface area contributed by atoms with Gasteiger partial charge in [-0.3, -0.25) is 0 Å². The number of rotatable bonds is 3. The van der Waals surface area contributed by atoms with Crippen molar-refractivity contribution in [2.45, 2.75) is 6.54 Å². The molecule has 0 saturated carbocycles. The average Bonchev–Trinajstić information content (AvgIpc) is 2.48. The number of halogens is 2. The monoisotopic (exact) mass is 346 g/mol. The van der Waals surface area contributed by atoms with Crippen molar-refractivity contribution >= 4 is 44.0 Å². The van der Waals surface area contributed by atoms with Gasteiger partial charge in [0.15, 0.2) is 0 Å². The van der Waals surface area contributed by atoms with Gasteiger partial charge < -0.3 is 5.32 Å². The molecule has 1 heterocycles. The molecule has 0 aliphatic heterocycles. The van der Waals surface area contributed by atoms with Crippen molar-refractivity contribution in [3.8, 4) is 0 Å². The van der Waals surface area contributed by atoms with Crippen LogP contribution in [0.3, 0.4) is 0 Å². The molecule has 0 aliphatic carbocycles. The maximum absolute atomic E-state index is 5.89. The lowest BCUT2D eigenvalue weighted by molar-refractivity contribution is 1.15. The lowest BCUT2D eigenvalue weighted by Crippen LogP contribution is -2.00. The summed E-state index contributed by atoms with van der Waals surface area (Å²) in [4.78, 5) is 4.11. The molecule has 1 aromatic heterocycles. The number of hydrogen-bond acceptors (Lipinski definition) is 2. The highest BCUT2D eigenvalue weighted by Gasteiger charge is 2.02. The van der Waals surface area contributed by atoms with Crippen LogP contribution in [-0.2, 0) is 6.54 Å². The Bertz CT molecular complexity index is 753. The summed E-state index contributed by atoms with van der Waals surface area (Å²) in [6, 6.07) is 16.6. The standard InChI is InChI=1S/C16H12BrClN2/c17-15-8-13(10-20-16(15)18)19-9-12-6-3-5-11-4-1-2-7-14(11)12/h1-8,10,19H,9H2. The molecule has 0 spiro atoms. The molecule has 3 rings (SSSR count). The first-order valence-electron chi connectivity index (χ1n) is 6.25. The van der Waals surface area contributed by atoms with E-state index >= 15 is 0 Å². The Balaban J connectivity index is 1.85. The van der Waals surface area contributed by atoms with Gasteiger partial charge in [-0.25, -0.2) is 4.98 Å². The topological polar surface area (TPSA) is 24.9 Å². The van der Waals surface area contributed by atoms with Crippen molar-refractivity contribution in [3.05, 3.63) is 69.9 Å². The highest BCUT2D eigenvalue weighted by Crippen LogP contribution is 2.24. The zero-order valence-electron chi connectivity index (χ0n) is 10.6. The largest absolute Gasteiger partial charge is 0.380 e. The quantitative estimate of drug-likeness (QED) is 0.653. The summed E-state index contributed by atoms with van der Waals surface area (Å²) >= 11 is 9.27. The van der Waals surface area contributed by atoms with E-state index in [1.165, 1.54) is 16.3 Å². The van der Waals surface area contributed by atoms with Gasteiger partial charge in [0, 0.05) is 6.54 Å². The van der Waals surface area contributed by atoms with Gasteiger partial charge in [-0.1, -0.05) is 54.1 Å². The lowest BCUT2D eigenvalue weighted by atomic mass is 10.0. The third-order valence-electron chi connectivity index (χ3n) is 3.16. The number of nitrogens with zero attached hydrogens (tertiary/aromatic N) is 1. The average molecular weight is 348 g/mol. The van der Waals surface area contributed by atoms with Gasteiger partial charge in [-0.2, -0.15) is 0 Å². The van der Waals surface area contributed by atoms with Crippen molar-refractivity contribution in [1.82, 2.24) is 4.98 Å². The van der Waals surface area contributed by atoms with Gasteiger partial charge in [-0.15, -0.1) is 0 Å². The SMILES string of the molecule is Clc1ncc(NCc2cccc3ccccc23)cc1Br. The van der Waals surface area contributed by atoms with Crippen molar-refractivity contribution in [2.24, 2.45) is 0 Å². The number of fused-ring (bicyclic) bond motifs is 1. The predicted octanol–water partition coefficient (Wildman–Crippen LogP) is 5.26. The highest BCUT2D eigenvalue weighted by molar-refractivity contribution is 9.10. The molecule has 0 aliphatic rings. The van der Waals surface area contributed by atoms with E-state index in [1.807, 2.05) is 6.07 Å². The van der Waals surface area contributed by atoms with Crippen LogP contribution in [0.5, 0.6) is 0 Å². The fourth-order valence-corrected chi connectivity index (χ4v) is 2.61. The third kappa shape index (κ3) is 2.79. The molecule has 2 nitrogen and oxygen atoms in total. The molecule has 0 unspecified atom stereocenters. The van der Waals surface area contributed by atoms with E-state index in [-0.39, 0.29) is 0 Å². The van der Waals surface area contributed by atoms with Gasteiger partial charge in [0.25, 0.3) is 0 Å². The fourth-order valence-electron chi connectivity index (χ4n) is 2.16. The van der Waals surface area contributed by atoms with E-state index in [4.69, 9.17) is 11.6 Å². The summed E-state index contributed by atoms with van der Waals surface area (Å²) in [6.07, 6.45) is 1.73. The van der Waals surface area contributed by atoms with Gasteiger partial charge >= 0.3 is 0 Å². The summed E-state index contributed by atoms with van der Waals surface area (Å²) in [6.45, 7) is 0.747. The number of aromatic nitrogens is 1. The molecule has 0 fully saturated rings. The summed E-state index contributed by atoms with van der Waals surface area (Å²) in [5, 5.41) is 6.36. The highest BCUT2D eigenvalue weighted by atomic mass is 79.9. The first kappa shape index (κ1) is 13.4. The van der Waals surface area contributed by atoms with Gasteiger partial charge in [-0.05, 0) is 38.3 Å². The zero-order valence-corrected chi connectivity index (χ0v) is 12.9. The minimum atomic E-state index is 0.473. The Labute approximate surface area is 130 Å². The Morgan fingerprint density at radius 1 is 1.10 bits per heavy atom. The van der Waals surface area contributed by atoms with Crippen LogP contribution in [0.15, 0.2) is 59.2 Å². The van der Waals surface area contributed by atoms with Gasteiger partial charge in [0.05, 0.1) is 16.4 Å². The number of anilines is 1. The van der Waals surface area contributed by atoms with Gasteiger partial charge in [0.1, 0.15) is 5.15 Å². The second-order valence-corrected chi connectivity index (χ2v) is 5.70. The number of hydrogen-bond donors (Lipinski definition) is 1. The van der Waals surface area contributed by atoms with E-state index in [0.717, 1.165) is 16.7 Å². The Hall–Kier alpha value is -1.58. The van der Waals surface area contributed by atoms with Crippen LogP contribution in [0.25, 0.3) is 10.8 Å². The molecule has 0 atom stereocenters. The van der Waals surface area contributed by atoms with Crippen molar-refractivity contribution in [3.63, 3.8) is 0 Å². The van der Waals surface area contributed by atoms with Crippen molar-refractivity contribution in [2.75, 3.05) is 5.32 Å². The van der Waals surface area contributed by atoms with Crippen LogP contribution in [0.1, 0.15) is 5.56 Å².